The van der Waals surface area contributed by atoms with Gasteiger partial charge in [0.1, 0.15) is 5.82 Å². The number of likely N-dealkylation sites (tertiary alicyclic amines) is 1. The number of aromatic nitrogens is 2. The van der Waals surface area contributed by atoms with Crippen molar-refractivity contribution in [2.45, 2.75) is 52.0 Å². The minimum atomic E-state index is 0.0995. The van der Waals surface area contributed by atoms with Gasteiger partial charge in [0.05, 0.1) is 24.1 Å². The summed E-state index contributed by atoms with van der Waals surface area (Å²) in [5.41, 5.74) is 0.950. The molecular formula is C17H26N4O. The van der Waals surface area contributed by atoms with E-state index in [9.17, 15) is 4.79 Å². The summed E-state index contributed by atoms with van der Waals surface area (Å²) >= 11 is 0. The third kappa shape index (κ3) is 3.23. The Labute approximate surface area is 132 Å². The van der Waals surface area contributed by atoms with E-state index in [-0.39, 0.29) is 11.9 Å². The van der Waals surface area contributed by atoms with Crippen LogP contribution in [0.5, 0.6) is 0 Å². The first-order valence-electron chi connectivity index (χ1n) is 8.49. The summed E-state index contributed by atoms with van der Waals surface area (Å²) < 4.78 is 0. The molecule has 5 nitrogen and oxygen atoms in total. The molecule has 2 aliphatic rings. The summed E-state index contributed by atoms with van der Waals surface area (Å²) in [6.07, 6.45) is 9.37. The maximum atomic E-state index is 11.9. The van der Waals surface area contributed by atoms with Gasteiger partial charge in [-0.25, -0.2) is 4.98 Å². The maximum Gasteiger partial charge on any atom is 0.220 e. The Hall–Kier alpha value is -1.65. The van der Waals surface area contributed by atoms with E-state index in [0.29, 0.717) is 0 Å². The molecule has 22 heavy (non-hydrogen) atoms. The highest BCUT2D eigenvalue weighted by atomic mass is 16.2. The monoisotopic (exact) mass is 302 g/mol. The van der Waals surface area contributed by atoms with Crippen LogP contribution in [0, 0.1) is 5.92 Å². The number of hydrogen-bond donors (Lipinski definition) is 0. The highest BCUT2D eigenvalue weighted by Gasteiger charge is 2.28. The number of carbonyl (C=O) groups is 1. The van der Waals surface area contributed by atoms with E-state index in [1.807, 2.05) is 17.3 Å². The molecule has 1 aromatic heterocycles. The second-order valence-corrected chi connectivity index (χ2v) is 6.70. The van der Waals surface area contributed by atoms with Gasteiger partial charge in [-0.05, 0) is 38.0 Å². The minimum absolute atomic E-state index is 0.0995. The molecule has 0 radical (unpaired) electrons. The van der Waals surface area contributed by atoms with Gasteiger partial charge in [0.25, 0.3) is 0 Å². The van der Waals surface area contributed by atoms with E-state index in [4.69, 9.17) is 4.98 Å². The van der Waals surface area contributed by atoms with Crippen LogP contribution >= 0.6 is 0 Å². The average Bonchev–Trinajstić information content (AvgIpc) is 2.55. The Morgan fingerprint density at radius 3 is 2.64 bits per heavy atom. The first-order chi connectivity index (χ1) is 10.6. The van der Waals surface area contributed by atoms with Gasteiger partial charge in [0, 0.05) is 26.6 Å². The molecule has 2 aliphatic heterocycles. The first kappa shape index (κ1) is 15.3. The van der Waals surface area contributed by atoms with Gasteiger partial charge in [0.15, 0.2) is 0 Å². The van der Waals surface area contributed by atoms with E-state index < -0.39 is 0 Å². The van der Waals surface area contributed by atoms with Crippen molar-refractivity contribution in [3.63, 3.8) is 0 Å². The number of piperidine rings is 2. The zero-order chi connectivity index (χ0) is 15.5. The van der Waals surface area contributed by atoms with Crippen LogP contribution in [0.1, 0.15) is 57.7 Å². The maximum absolute atomic E-state index is 11.9. The summed E-state index contributed by atoms with van der Waals surface area (Å²) in [6.45, 7) is 6.92. The molecule has 0 spiro atoms. The molecule has 0 bridgehead atoms. The number of amides is 1. The van der Waals surface area contributed by atoms with Crippen LogP contribution in [0.3, 0.4) is 0 Å². The molecule has 1 amide bonds. The second kappa shape index (κ2) is 6.63. The lowest BCUT2D eigenvalue weighted by Gasteiger charge is -2.35. The van der Waals surface area contributed by atoms with E-state index in [1.165, 1.54) is 12.8 Å². The normalized spacial score (nSPS) is 23.6. The third-order valence-electron chi connectivity index (χ3n) is 5.00. The van der Waals surface area contributed by atoms with Gasteiger partial charge in [0.2, 0.25) is 5.91 Å². The van der Waals surface area contributed by atoms with Crippen LogP contribution in [0.2, 0.25) is 0 Å². The van der Waals surface area contributed by atoms with Gasteiger partial charge in [-0.2, -0.15) is 0 Å². The molecule has 0 N–H and O–H groups in total. The molecule has 3 heterocycles. The van der Waals surface area contributed by atoms with Crippen LogP contribution in [0.4, 0.5) is 5.82 Å². The van der Waals surface area contributed by atoms with Crippen molar-refractivity contribution in [3.05, 3.63) is 18.1 Å². The van der Waals surface area contributed by atoms with Gasteiger partial charge in [-0.3, -0.25) is 9.78 Å². The Morgan fingerprint density at radius 2 is 1.91 bits per heavy atom. The number of nitrogens with zero attached hydrogens (tertiary/aromatic N) is 4. The fraction of sp³-hybridized carbons (Fsp3) is 0.706. The Morgan fingerprint density at radius 1 is 1.14 bits per heavy atom. The van der Waals surface area contributed by atoms with E-state index in [2.05, 4.69) is 16.8 Å². The van der Waals surface area contributed by atoms with Gasteiger partial charge in [-0.15, -0.1) is 0 Å². The molecule has 3 rings (SSSR count). The zero-order valence-electron chi connectivity index (χ0n) is 13.7. The minimum Gasteiger partial charge on any atom is -0.355 e. The van der Waals surface area contributed by atoms with Crippen molar-refractivity contribution in [1.29, 1.82) is 0 Å². The van der Waals surface area contributed by atoms with Crippen LogP contribution < -0.4 is 4.90 Å². The first-order valence-corrected chi connectivity index (χ1v) is 8.49. The lowest BCUT2D eigenvalue weighted by atomic mass is 9.99. The fourth-order valence-electron chi connectivity index (χ4n) is 3.54. The third-order valence-corrected chi connectivity index (χ3v) is 5.00. The predicted octanol–water partition coefficient (Wildman–Crippen LogP) is 2.79. The fourth-order valence-corrected chi connectivity index (χ4v) is 3.54. The van der Waals surface area contributed by atoms with Crippen LogP contribution in [0.25, 0.3) is 0 Å². The SMILES string of the molecule is CC(=O)N1CCCCC1c1cncc(N2CCC(C)CC2)n1. The van der Waals surface area contributed by atoms with Crippen molar-refractivity contribution in [2.75, 3.05) is 24.5 Å². The van der Waals surface area contributed by atoms with Crippen LogP contribution in [-0.2, 0) is 4.79 Å². The summed E-state index contributed by atoms with van der Waals surface area (Å²) in [5, 5.41) is 0. The van der Waals surface area contributed by atoms with Crippen LogP contribution in [0.15, 0.2) is 12.4 Å². The Bertz CT molecular complexity index is 525. The number of rotatable bonds is 2. The van der Waals surface area contributed by atoms with Crippen LogP contribution in [-0.4, -0.2) is 40.4 Å². The molecule has 1 aromatic rings. The molecule has 120 valence electrons. The van der Waals surface area contributed by atoms with Crippen molar-refractivity contribution < 1.29 is 4.79 Å². The molecule has 1 atom stereocenters. The molecular weight excluding hydrogens is 276 g/mol. The lowest BCUT2D eigenvalue weighted by molar-refractivity contribution is -0.132. The number of hydrogen-bond acceptors (Lipinski definition) is 4. The van der Waals surface area contributed by atoms with Gasteiger partial charge < -0.3 is 9.80 Å². The van der Waals surface area contributed by atoms with E-state index in [0.717, 1.165) is 56.3 Å². The lowest BCUT2D eigenvalue weighted by Crippen LogP contribution is -2.38. The average molecular weight is 302 g/mol. The number of carbonyl (C=O) groups excluding carboxylic acids is 1. The summed E-state index contributed by atoms with van der Waals surface area (Å²) in [5.74, 6) is 1.92. The Balaban J connectivity index is 1.79. The molecule has 2 fully saturated rings. The topological polar surface area (TPSA) is 49.3 Å². The van der Waals surface area contributed by atoms with Gasteiger partial charge in [-0.1, -0.05) is 6.92 Å². The smallest absolute Gasteiger partial charge is 0.220 e. The summed E-state index contributed by atoms with van der Waals surface area (Å²) in [7, 11) is 0. The quantitative estimate of drug-likeness (QED) is 0.843. The molecule has 0 saturated carbocycles. The Kier molecular flexibility index (Phi) is 4.60. The number of anilines is 1. The molecule has 0 aliphatic carbocycles. The van der Waals surface area contributed by atoms with Gasteiger partial charge >= 0.3 is 0 Å². The van der Waals surface area contributed by atoms with Crippen molar-refractivity contribution >= 4 is 11.7 Å². The van der Waals surface area contributed by atoms with E-state index >= 15 is 0 Å². The molecule has 5 heteroatoms. The second-order valence-electron chi connectivity index (χ2n) is 6.70. The van der Waals surface area contributed by atoms with Crippen molar-refractivity contribution in [2.24, 2.45) is 5.92 Å². The standard InChI is InChI=1S/C17H26N4O/c1-13-6-9-20(10-7-13)17-12-18-11-15(19-17)16-5-3-4-8-21(16)14(2)22/h11-13,16H,3-10H2,1-2H3. The predicted molar refractivity (Wildman–Crippen MR) is 86.6 cm³/mol. The molecule has 1 unspecified atom stereocenters. The zero-order valence-corrected chi connectivity index (χ0v) is 13.7. The summed E-state index contributed by atoms with van der Waals surface area (Å²) in [6, 6.07) is 0.0995. The van der Waals surface area contributed by atoms with Crippen molar-refractivity contribution in [1.82, 2.24) is 14.9 Å². The molecule has 2 saturated heterocycles. The summed E-state index contributed by atoms with van der Waals surface area (Å²) in [4.78, 5) is 25.4. The van der Waals surface area contributed by atoms with E-state index in [1.54, 1.807) is 6.92 Å². The highest BCUT2D eigenvalue weighted by Crippen LogP contribution is 2.30. The molecule has 0 aromatic carbocycles. The largest absolute Gasteiger partial charge is 0.355 e. The van der Waals surface area contributed by atoms with Crippen molar-refractivity contribution in [3.8, 4) is 0 Å². The highest BCUT2D eigenvalue weighted by molar-refractivity contribution is 5.73.